The van der Waals surface area contributed by atoms with Crippen LogP contribution in [0.2, 0.25) is 0 Å². The van der Waals surface area contributed by atoms with Crippen molar-refractivity contribution in [1.82, 2.24) is 25.7 Å². The maximum Gasteiger partial charge on any atom is 0.272 e. The molecule has 1 amide bonds. The molecule has 4 rings (SSSR count). The molecule has 6 nitrogen and oxygen atoms in total. The van der Waals surface area contributed by atoms with E-state index in [0.29, 0.717) is 5.69 Å². The number of nitrogens with one attached hydrogen (secondary N) is 3. The Hall–Kier alpha value is -1.11. The van der Waals surface area contributed by atoms with Gasteiger partial charge in [-0.2, -0.15) is 5.10 Å². The van der Waals surface area contributed by atoms with Gasteiger partial charge in [-0.25, -0.2) is 0 Å². The van der Waals surface area contributed by atoms with Gasteiger partial charge in [0.15, 0.2) is 5.69 Å². The lowest BCUT2D eigenvalue weighted by Gasteiger charge is -2.48. The molecule has 3 N–H and O–H groups in total. The van der Waals surface area contributed by atoms with E-state index in [-0.39, 0.29) is 23.9 Å². The largest absolute Gasteiger partial charge is 0.349 e. The third-order valence-electron chi connectivity index (χ3n) is 6.41. The molecule has 1 aromatic rings. The Bertz CT molecular complexity index is 605. The van der Waals surface area contributed by atoms with Crippen LogP contribution < -0.4 is 10.6 Å². The summed E-state index contributed by atoms with van der Waals surface area (Å²) in [4.78, 5) is 15.5. The number of aromatic amines is 1. The molecule has 0 aromatic carbocycles. The number of rotatable bonds is 4. The molecule has 2 aliphatic heterocycles. The van der Waals surface area contributed by atoms with Gasteiger partial charge < -0.3 is 10.6 Å². The second-order valence-electron chi connectivity index (χ2n) is 7.97. The van der Waals surface area contributed by atoms with Crippen LogP contribution in [0, 0.1) is 0 Å². The number of H-pyrrole nitrogens is 1. The van der Waals surface area contributed by atoms with Crippen LogP contribution in [0.15, 0.2) is 0 Å². The molecule has 146 valence electrons. The van der Waals surface area contributed by atoms with E-state index in [4.69, 9.17) is 0 Å². The lowest BCUT2D eigenvalue weighted by Crippen LogP contribution is -2.58. The number of amides is 1. The Kier molecular flexibility index (Phi) is 6.59. The highest BCUT2D eigenvalue weighted by atomic mass is 35.5. The van der Waals surface area contributed by atoms with Gasteiger partial charge in [0.25, 0.3) is 5.91 Å². The minimum atomic E-state index is -0.0110. The molecule has 26 heavy (non-hydrogen) atoms. The van der Waals surface area contributed by atoms with E-state index in [1.54, 1.807) is 0 Å². The molecule has 0 unspecified atom stereocenters. The van der Waals surface area contributed by atoms with E-state index in [1.807, 2.05) is 0 Å². The Morgan fingerprint density at radius 1 is 1.12 bits per heavy atom. The number of fused-ring (bicyclic) bond motifs is 1. The van der Waals surface area contributed by atoms with Crippen LogP contribution in [0.5, 0.6) is 0 Å². The smallest absolute Gasteiger partial charge is 0.272 e. The van der Waals surface area contributed by atoms with Gasteiger partial charge in [-0.3, -0.25) is 14.8 Å². The van der Waals surface area contributed by atoms with Crippen molar-refractivity contribution in [3.05, 3.63) is 17.0 Å². The highest BCUT2D eigenvalue weighted by molar-refractivity contribution is 5.94. The molecule has 7 heteroatoms. The first-order valence-corrected chi connectivity index (χ1v) is 10.1. The highest BCUT2D eigenvalue weighted by Gasteiger charge is 2.38. The highest BCUT2D eigenvalue weighted by Crippen LogP contribution is 2.35. The molecule has 3 aliphatic rings. The Balaban J connectivity index is 0.00000196. The van der Waals surface area contributed by atoms with Gasteiger partial charge >= 0.3 is 0 Å². The molecule has 1 aliphatic carbocycles. The maximum absolute atomic E-state index is 12.8. The predicted octanol–water partition coefficient (Wildman–Crippen LogP) is 2.40. The molecule has 2 fully saturated rings. The third-order valence-corrected chi connectivity index (χ3v) is 6.41. The minimum Gasteiger partial charge on any atom is -0.349 e. The average Bonchev–Trinajstić information content (AvgIpc) is 3.12. The normalized spacial score (nSPS) is 22.9. The van der Waals surface area contributed by atoms with Gasteiger partial charge in [0.05, 0.1) is 0 Å². The molecule has 3 heterocycles. The van der Waals surface area contributed by atoms with Crippen LogP contribution in [0.25, 0.3) is 0 Å². The van der Waals surface area contributed by atoms with Gasteiger partial charge in [-0.05, 0) is 38.8 Å². The van der Waals surface area contributed by atoms with Gasteiger partial charge in [0.2, 0.25) is 0 Å². The van der Waals surface area contributed by atoms with E-state index in [9.17, 15) is 4.79 Å². The average molecular weight is 382 g/mol. The molecule has 0 bridgehead atoms. The van der Waals surface area contributed by atoms with E-state index in [1.165, 1.54) is 64.5 Å². The van der Waals surface area contributed by atoms with E-state index >= 15 is 0 Å². The lowest BCUT2D eigenvalue weighted by molar-refractivity contribution is 0.0326. The van der Waals surface area contributed by atoms with Crippen LogP contribution in [-0.2, 0) is 13.0 Å². The van der Waals surface area contributed by atoms with Crippen molar-refractivity contribution in [1.29, 1.82) is 0 Å². The van der Waals surface area contributed by atoms with Crippen molar-refractivity contribution in [2.24, 2.45) is 0 Å². The van der Waals surface area contributed by atoms with Crippen molar-refractivity contribution in [2.75, 3.05) is 26.2 Å². The van der Waals surface area contributed by atoms with Crippen LogP contribution in [0.1, 0.15) is 73.1 Å². The molecule has 1 aromatic heterocycles. The van der Waals surface area contributed by atoms with Gasteiger partial charge in [-0.1, -0.05) is 25.7 Å². The Labute approximate surface area is 162 Å². The van der Waals surface area contributed by atoms with Crippen molar-refractivity contribution in [2.45, 2.75) is 69.9 Å². The zero-order chi connectivity index (χ0) is 17.1. The number of hydrogen-bond donors (Lipinski definition) is 3. The Morgan fingerprint density at radius 2 is 1.85 bits per heavy atom. The summed E-state index contributed by atoms with van der Waals surface area (Å²) in [5, 5.41) is 14.0. The molecule has 0 spiro atoms. The SMILES string of the molecule is Cl.O=C(NCC1(N2CCCCC2)CCCCC1)c1n[nH]c2c1CNCC2. The summed E-state index contributed by atoms with van der Waals surface area (Å²) in [7, 11) is 0. The van der Waals surface area contributed by atoms with E-state index < -0.39 is 0 Å². The van der Waals surface area contributed by atoms with E-state index in [0.717, 1.165) is 37.3 Å². The Morgan fingerprint density at radius 3 is 2.62 bits per heavy atom. The van der Waals surface area contributed by atoms with Gasteiger partial charge in [-0.15, -0.1) is 12.4 Å². The van der Waals surface area contributed by atoms with Crippen LogP contribution >= 0.6 is 12.4 Å². The van der Waals surface area contributed by atoms with E-state index in [2.05, 4.69) is 25.7 Å². The summed E-state index contributed by atoms with van der Waals surface area (Å²) < 4.78 is 0. The van der Waals surface area contributed by atoms with Crippen molar-refractivity contribution < 1.29 is 4.79 Å². The number of hydrogen-bond acceptors (Lipinski definition) is 4. The zero-order valence-electron chi connectivity index (χ0n) is 15.6. The second-order valence-corrected chi connectivity index (χ2v) is 7.97. The number of carbonyl (C=O) groups excluding carboxylic acids is 1. The number of likely N-dealkylation sites (tertiary alicyclic amines) is 1. The number of piperidine rings is 1. The topological polar surface area (TPSA) is 73.0 Å². The van der Waals surface area contributed by atoms with Crippen molar-refractivity contribution >= 4 is 18.3 Å². The summed E-state index contributed by atoms with van der Waals surface area (Å²) in [6.07, 6.45) is 11.2. The molecular weight excluding hydrogens is 350 g/mol. The molecule has 0 atom stereocenters. The maximum atomic E-state index is 12.8. The molecular formula is C19H32ClN5O. The van der Waals surface area contributed by atoms with Crippen molar-refractivity contribution in [3.63, 3.8) is 0 Å². The van der Waals surface area contributed by atoms with Gasteiger partial charge in [0.1, 0.15) is 0 Å². The summed E-state index contributed by atoms with van der Waals surface area (Å²) in [6, 6.07) is 0. The van der Waals surface area contributed by atoms with Gasteiger partial charge in [0, 0.05) is 42.9 Å². The fraction of sp³-hybridized carbons (Fsp3) is 0.789. The first kappa shape index (κ1) is 19.6. The summed E-state index contributed by atoms with van der Waals surface area (Å²) in [5.41, 5.74) is 2.93. The summed E-state index contributed by atoms with van der Waals surface area (Å²) in [6.45, 7) is 4.84. The lowest BCUT2D eigenvalue weighted by atomic mass is 9.79. The fourth-order valence-corrected chi connectivity index (χ4v) is 4.92. The molecule has 1 saturated heterocycles. The molecule has 1 saturated carbocycles. The number of carbonyl (C=O) groups is 1. The van der Waals surface area contributed by atoms with Crippen molar-refractivity contribution in [3.8, 4) is 0 Å². The van der Waals surface area contributed by atoms with Crippen LogP contribution in [0.4, 0.5) is 0 Å². The fourth-order valence-electron chi connectivity index (χ4n) is 4.92. The number of nitrogens with zero attached hydrogens (tertiary/aromatic N) is 2. The first-order chi connectivity index (χ1) is 12.3. The monoisotopic (exact) mass is 381 g/mol. The standard InChI is InChI=1S/C19H31N5O.ClH/c25-18(17-15-13-20-10-7-16(15)22-23-17)21-14-19(8-3-1-4-9-19)24-11-5-2-6-12-24;/h20H,1-14H2,(H,21,25)(H,22,23);1H. The first-order valence-electron chi connectivity index (χ1n) is 10.1. The quantitative estimate of drug-likeness (QED) is 0.748. The predicted molar refractivity (Wildman–Crippen MR) is 105 cm³/mol. The third kappa shape index (κ3) is 3.92. The zero-order valence-corrected chi connectivity index (χ0v) is 16.4. The van der Waals surface area contributed by atoms with Crippen LogP contribution in [0.3, 0.4) is 0 Å². The number of aromatic nitrogens is 2. The molecule has 0 radical (unpaired) electrons. The summed E-state index contributed by atoms with van der Waals surface area (Å²) in [5.74, 6) is -0.0110. The number of halogens is 1. The minimum absolute atomic E-state index is 0. The summed E-state index contributed by atoms with van der Waals surface area (Å²) >= 11 is 0. The second kappa shape index (κ2) is 8.72. The van der Waals surface area contributed by atoms with Crippen LogP contribution in [-0.4, -0.2) is 52.7 Å².